The minimum Gasteiger partial charge on any atom is -0.366 e. The Labute approximate surface area is 42.1 Å². The van der Waals surface area contributed by atoms with Gasteiger partial charge in [-0.3, -0.25) is 4.79 Å². The highest BCUT2D eigenvalue weighted by Gasteiger charge is 1.72. The van der Waals surface area contributed by atoms with Crippen molar-refractivity contribution >= 4 is 5.91 Å². The molecule has 0 atom stereocenters. The van der Waals surface area contributed by atoms with E-state index in [-0.39, 0.29) is 6.15 Å². The lowest BCUT2D eigenvalue weighted by molar-refractivity contribution is -0.113. The van der Waals surface area contributed by atoms with Crippen molar-refractivity contribution in [1.82, 2.24) is 6.15 Å². The first-order valence-corrected chi connectivity index (χ1v) is 1.42. The highest BCUT2D eigenvalue weighted by atomic mass is 16.1. The molecule has 0 fully saturated rings. The number of amides is 1. The van der Waals surface area contributed by atoms with Crippen molar-refractivity contribution in [3.05, 3.63) is 18.4 Å². The van der Waals surface area contributed by atoms with Crippen LogP contribution in [0.1, 0.15) is 0 Å². The molecule has 0 saturated heterocycles. The Hall–Kier alpha value is -1.05. The Kier molecular flexibility index (Phi) is 6.61. The summed E-state index contributed by atoms with van der Waals surface area (Å²) in [6.07, 6.45) is 1.07. The molecule has 5 N–H and O–H groups in total. The van der Waals surface area contributed by atoms with Crippen LogP contribution in [-0.2, 0) is 4.79 Å². The molecule has 7 heavy (non-hydrogen) atoms. The first-order chi connectivity index (χ1) is 2.77. The summed E-state index contributed by atoms with van der Waals surface area (Å²) in [5.41, 5.74) is 6.82. The van der Waals surface area contributed by atoms with Crippen molar-refractivity contribution in [1.29, 1.82) is 0 Å². The second-order valence-corrected chi connectivity index (χ2v) is 0.751. The zero-order valence-corrected chi connectivity index (χ0v) is 3.98. The van der Waals surface area contributed by atoms with Crippen LogP contribution in [-0.4, -0.2) is 5.91 Å². The minimum absolute atomic E-state index is 0. The van der Waals surface area contributed by atoms with Crippen LogP contribution < -0.4 is 11.9 Å². The van der Waals surface area contributed by atoms with Crippen molar-refractivity contribution in [2.45, 2.75) is 0 Å². The van der Waals surface area contributed by atoms with Gasteiger partial charge in [-0.15, -0.1) is 5.73 Å². The smallest absolute Gasteiger partial charge is 0.249 e. The fraction of sp³-hybridized carbons (Fsp3) is 0. The molecule has 0 aliphatic heterocycles. The zero-order chi connectivity index (χ0) is 4.99. The molecule has 0 heterocycles. The molecule has 0 bridgehead atoms. The predicted octanol–water partition coefficient (Wildman–Crippen LogP) is -0.0252. The molecule has 40 valence electrons. The van der Waals surface area contributed by atoms with E-state index in [1.165, 1.54) is 0 Å². The van der Waals surface area contributed by atoms with Gasteiger partial charge in [0, 0.05) is 6.08 Å². The topological polar surface area (TPSA) is 78.1 Å². The van der Waals surface area contributed by atoms with Gasteiger partial charge >= 0.3 is 0 Å². The lowest BCUT2D eigenvalue weighted by Crippen LogP contribution is -2.04. The summed E-state index contributed by atoms with van der Waals surface area (Å²) >= 11 is 0. The van der Waals surface area contributed by atoms with Crippen molar-refractivity contribution in [3.63, 3.8) is 0 Å². The molecule has 0 radical (unpaired) electrons. The average molecular weight is 100 g/mol. The van der Waals surface area contributed by atoms with Gasteiger partial charge in [-0.25, -0.2) is 0 Å². The third kappa shape index (κ3) is 11.3. The summed E-state index contributed by atoms with van der Waals surface area (Å²) in [6, 6.07) is 0. The van der Waals surface area contributed by atoms with E-state index in [1.54, 1.807) is 0 Å². The van der Waals surface area contributed by atoms with Crippen molar-refractivity contribution in [2.24, 2.45) is 5.73 Å². The van der Waals surface area contributed by atoms with Gasteiger partial charge in [-0.1, -0.05) is 6.58 Å². The van der Waals surface area contributed by atoms with E-state index in [0.717, 1.165) is 6.08 Å². The van der Waals surface area contributed by atoms with Gasteiger partial charge in [0.05, 0.1) is 0 Å². The van der Waals surface area contributed by atoms with Gasteiger partial charge in [0.1, 0.15) is 0 Å². The number of carbonyl (C=O) groups is 1. The molecule has 3 heteroatoms. The zero-order valence-electron chi connectivity index (χ0n) is 3.98. The molecular weight excluding hydrogens is 92.1 g/mol. The van der Waals surface area contributed by atoms with E-state index >= 15 is 0 Å². The molecular formula is C4H8N2O. The molecule has 1 amide bonds. The Morgan fingerprint density at radius 1 is 1.86 bits per heavy atom. The van der Waals surface area contributed by atoms with Crippen LogP contribution in [0.4, 0.5) is 0 Å². The molecule has 0 aromatic heterocycles. The molecule has 0 aromatic carbocycles. The van der Waals surface area contributed by atoms with Gasteiger partial charge < -0.3 is 11.9 Å². The third-order valence-corrected chi connectivity index (χ3v) is 0.244. The quantitative estimate of drug-likeness (QED) is 0.358. The summed E-state index contributed by atoms with van der Waals surface area (Å²) in [5, 5.41) is 0. The lowest BCUT2D eigenvalue weighted by Gasteiger charge is -1.66. The summed E-state index contributed by atoms with van der Waals surface area (Å²) in [7, 11) is 0. The molecule has 0 aromatic rings. The fourth-order valence-corrected chi connectivity index (χ4v) is 0.101. The van der Waals surface area contributed by atoms with Crippen LogP contribution in [0.15, 0.2) is 18.4 Å². The number of hydrogen-bond donors (Lipinski definition) is 2. The minimum atomic E-state index is -0.509. The maximum atomic E-state index is 9.66. The van der Waals surface area contributed by atoms with E-state index < -0.39 is 5.91 Å². The number of hydrogen-bond acceptors (Lipinski definition) is 2. The molecule has 0 aliphatic rings. The molecule has 0 saturated carbocycles. The van der Waals surface area contributed by atoms with Crippen LogP contribution >= 0.6 is 0 Å². The fourth-order valence-electron chi connectivity index (χ4n) is 0.101. The predicted molar refractivity (Wildman–Crippen MR) is 27.9 cm³/mol. The summed E-state index contributed by atoms with van der Waals surface area (Å²) < 4.78 is 0. The van der Waals surface area contributed by atoms with Crippen LogP contribution in [0.2, 0.25) is 0 Å². The molecule has 0 aliphatic carbocycles. The maximum Gasteiger partial charge on any atom is 0.249 e. The second-order valence-electron chi connectivity index (χ2n) is 0.751. The third-order valence-electron chi connectivity index (χ3n) is 0.244. The standard InChI is InChI=1S/C4H5NO.H3N/c1-2-3-4(5)6;/h3H,1H2,(H2,5,6);1H3. The normalized spacial score (nSPS) is 5.14. The first kappa shape index (κ1) is 9.34. The SMILES string of the molecule is C=C=CC(N)=O.N. The van der Waals surface area contributed by atoms with Crippen LogP contribution in [0.5, 0.6) is 0 Å². The molecule has 0 rings (SSSR count). The van der Waals surface area contributed by atoms with E-state index in [1.807, 2.05) is 0 Å². The summed E-state index contributed by atoms with van der Waals surface area (Å²) in [6.45, 7) is 3.12. The Bertz CT molecular complexity index is 102. The number of rotatable bonds is 1. The van der Waals surface area contributed by atoms with Crippen LogP contribution in [0.25, 0.3) is 0 Å². The Morgan fingerprint density at radius 3 is 2.29 bits per heavy atom. The van der Waals surface area contributed by atoms with E-state index in [9.17, 15) is 4.79 Å². The maximum absolute atomic E-state index is 9.66. The number of carbonyl (C=O) groups excluding carboxylic acids is 1. The number of primary amides is 1. The van der Waals surface area contributed by atoms with Crippen molar-refractivity contribution < 1.29 is 4.79 Å². The second kappa shape index (κ2) is 4.95. The average Bonchev–Trinajstić information content (AvgIpc) is 1.35. The first-order valence-electron chi connectivity index (χ1n) is 1.42. The number of nitrogens with two attached hydrogens (primary N) is 1. The highest BCUT2D eigenvalue weighted by Crippen LogP contribution is 1.54. The van der Waals surface area contributed by atoms with E-state index in [2.05, 4.69) is 18.0 Å². The van der Waals surface area contributed by atoms with Crippen molar-refractivity contribution in [2.75, 3.05) is 0 Å². The monoisotopic (exact) mass is 100 g/mol. The van der Waals surface area contributed by atoms with Crippen LogP contribution in [0.3, 0.4) is 0 Å². The Balaban J connectivity index is 0. The van der Waals surface area contributed by atoms with Gasteiger partial charge in [0.15, 0.2) is 0 Å². The van der Waals surface area contributed by atoms with E-state index in [4.69, 9.17) is 0 Å². The van der Waals surface area contributed by atoms with Gasteiger partial charge in [-0.05, 0) is 0 Å². The molecule has 0 spiro atoms. The van der Waals surface area contributed by atoms with Gasteiger partial charge in [0.2, 0.25) is 5.91 Å². The van der Waals surface area contributed by atoms with Crippen LogP contribution in [0, 0.1) is 0 Å². The largest absolute Gasteiger partial charge is 0.366 e. The summed E-state index contributed by atoms with van der Waals surface area (Å²) in [4.78, 5) is 9.66. The van der Waals surface area contributed by atoms with Gasteiger partial charge in [0.25, 0.3) is 0 Å². The highest BCUT2D eigenvalue weighted by molar-refractivity contribution is 5.85. The van der Waals surface area contributed by atoms with Gasteiger partial charge in [-0.2, -0.15) is 0 Å². The summed E-state index contributed by atoms with van der Waals surface area (Å²) in [5.74, 6) is -0.509. The van der Waals surface area contributed by atoms with Crippen molar-refractivity contribution in [3.8, 4) is 0 Å². The van der Waals surface area contributed by atoms with E-state index in [0.29, 0.717) is 0 Å². The lowest BCUT2D eigenvalue weighted by atomic mass is 10.6. The Morgan fingerprint density at radius 2 is 2.29 bits per heavy atom. The molecule has 3 nitrogen and oxygen atoms in total. The molecule has 0 unspecified atom stereocenters.